The van der Waals surface area contributed by atoms with E-state index in [1.807, 2.05) is 0 Å². The van der Waals surface area contributed by atoms with Crippen LogP contribution in [0.4, 0.5) is 0 Å². The van der Waals surface area contributed by atoms with Gasteiger partial charge in [0.25, 0.3) is 0 Å². The van der Waals surface area contributed by atoms with E-state index in [2.05, 4.69) is 78.7 Å². The molecule has 2 unspecified atom stereocenters. The van der Waals surface area contributed by atoms with Gasteiger partial charge in [-0.1, -0.05) is 74.9 Å². The smallest absolute Gasteiger partial charge is 0.0240 e. The summed E-state index contributed by atoms with van der Waals surface area (Å²) in [6.45, 7) is 8.95. The van der Waals surface area contributed by atoms with Gasteiger partial charge in [-0.05, 0) is 35.4 Å². The summed E-state index contributed by atoms with van der Waals surface area (Å²) in [4.78, 5) is 2.70. The molecule has 0 spiro atoms. The van der Waals surface area contributed by atoms with Crippen molar-refractivity contribution in [3.63, 3.8) is 0 Å². The maximum Gasteiger partial charge on any atom is 0.0240 e. The van der Waals surface area contributed by atoms with Crippen LogP contribution in [0.15, 0.2) is 54.6 Å². The Hall–Kier alpha value is -1.64. The minimum Gasteiger partial charge on any atom is -0.311 e. The molecule has 3 rings (SSSR count). The van der Waals surface area contributed by atoms with Gasteiger partial charge in [0, 0.05) is 32.2 Å². The van der Waals surface area contributed by atoms with Crippen LogP contribution in [0.2, 0.25) is 0 Å². The highest BCUT2D eigenvalue weighted by molar-refractivity contribution is 5.30. The first-order chi connectivity index (χ1) is 12.3. The van der Waals surface area contributed by atoms with Crippen LogP contribution in [0.5, 0.6) is 0 Å². The van der Waals surface area contributed by atoms with Crippen molar-refractivity contribution >= 4 is 0 Å². The molecule has 1 aliphatic heterocycles. The number of hydrogen-bond acceptors (Lipinski definition) is 2. The average Bonchev–Trinajstić information content (AvgIpc) is 2.66. The van der Waals surface area contributed by atoms with Crippen molar-refractivity contribution in [2.24, 2.45) is 5.92 Å². The van der Waals surface area contributed by atoms with Gasteiger partial charge in [0.1, 0.15) is 0 Å². The van der Waals surface area contributed by atoms with Crippen molar-refractivity contribution in [1.29, 1.82) is 0 Å². The molecular formula is C23H32N2. The first-order valence-corrected chi connectivity index (χ1v) is 9.81. The summed E-state index contributed by atoms with van der Waals surface area (Å²) in [5.74, 6) is 0.801. The molecule has 1 aliphatic rings. The fraction of sp³-hybridized carbons (Fsp3) is 0.478. The van der Waals surface area contributed by atoms with Gasteiger partial charge in [0.2, 0.25) is 0 Å². The molecular weight excluding hydrogens is 304 g/mol. The SMILES string of the molecule is CCC(C)CC1Cc2ccccc2CN1CCNCc1ccccc1. The van der Waals surface area contributed by atoms with E-state index in [0.717, 1.165) is 32.1 Å². The summed E-state index contributed by atoms with van der Waals surface area (Å²) in [7, 11) is 0. The zero-order valence-corrected chi connectivity index (χ0v) is 15.7. The molecule has 2 nitrogen and oxygen atoms in total. The second kappa shape index (κ2) is 9.17. The largest absolute Gasteiger partial charge is 0.311 e. The van der Waals surface area contributed by atoms with Gasteiger partial charge in [0.15, 0.2) is 0 Å². The molecule has 134 valence electrons. The van der Waals surface area contributed by atoms with Crippen LogP contribution in [0.3, 0.4) is 0 Å². The van der Waals surface area contributed by atoms with E-state index in [-0.39, 0.29) is 0 Å². The van der Waals surface area contributed by atoms with Crippen molar-refractivity contribution in [1.82, 2.24) is 10.2 Å². The zero-order valence-electron chi connectivity index (χ0n) is 15.7. The lowest BCUT2D eigenvalue weighted by Crippen LogP contribution is -2.44. The van der Waals surface area contributed by atoms with E-state index in [1.165, 1.54) is 30.4 Å². The Morgan fingerprint density at radius 3 is 2.52 bits per heavy atom. The van der Waals surface area contributed by atoms with Gasteiger partial charge in [-0.15, -0.1) is 0 Å². The molecule has 0 saturated heterocycles. The zero-order chi connectivity index (χ0) is 17.5. The fourth-order valence-electron chi connectivity index (χ4n) is 3.82. The van der Waals surface area contributed by atoms with Crippen molar-refractivity contribution in [2.75, 3.05) is 13.1 Å². The molecule has 1 N–H and O–H groups in total. The molecule has 0 saturated carbocycles. The normalized spacial score (nSPS) is 18.7. The third-order valence-electron chi connectivity index (χ3n) is 5.58. The van der Waals surface area contributed by atoms with Crippen molar-refractivity contribution in [3.05, 3.63) is 71.3 Å². The fourth-order valence-corrected chi connectivity index (χ4v) is 3.82. The molecule has 0 bridgehead atoms. The minimum atomic E-state index is 0.684. The lowest BCUT2D eigenvalue weighted by atomic mass is 9.88. The quantitative estimate of drug-likeness (QED) is 0.707. The summed E-state index contributed by atoms with van der Waals surface area (Å²) >= 11 is 0. The molecule has 2 aromatic carbocycles. The van der Waals surface area contributed by atoms with E-state index in [1.54, 1.807) is 5.56 Å². The highest BCUT2D eigenvalue weighted by atomic mass is 15.2. The van der Waals surface area contributed by atoms with Crippen LogP contribution in [0.25, 0.3) is 0 Å². The maximum absolute atomic E-state index is 3.62. The van der Waals surface area contributed by atoms with Gasteiger partial charge in [-0.2, -0.15) is 0 Å². The molecule has 25 heavy (non-hydrogen) atoms. The van der Waals surface area contributed by atoms with Gasteiger partial charge >= 0.3 is 0 Å². The number of nitrogens with one attached hydrogen (secondary N) is 1. The second-order valence-electron chi connectivity index (χ2n) is 7.51. The van der Waals surface area contributed by atoms with Crippen molar-refractivity contribution in [3.8, 4) is 0 Å². The van der Waals surface area contributed by atoms with Gasteiger partial charge in [-0.3, -0.25) is 4.90 Å². The topological polar surface area (TPSA) is 15.3 Å². The Labute approximate surface area is 153 Å². The summed E-state index contributed by atoms with van der Waals surface area (Å²) in [5.41, 5.74) is 4.44. The molecule has 0 aromatic heterocycles. The highest BCUT2D eigenvalue weighted by Gasteiger charge is 2.26. The molecule has 0 radical (unpaired) electrons. The minimum absolute atomic E-state index is 0.684. The molecule has 0 amide bonds. The lowest BCUT2D eigenvalue weighted by molar-refractivity contribution is 0.148. The average molecular weight is 337 g/mol. The summed E-state index contributed by atoms with van der Waals surface area (Å²) in [5, 5.41) is 3.62. The number of rotatable bonds is 8. The van der Waals surface area contributed by atoms with Gasteiger partial charge in [-0.25, -0.2) is 0 Å². The Kier molecular flexibility index (Phi) is 6.66. The molecule has 2 atom stereocenters. The number of benzene rings is 2. The van der Waals surface area contributed by atoms with Crippen LogP contribution >= 0.6 is 0 Å². The lowest BCUT2D eigenvalue weighted by Gasteiger charge is -2.38. The van der Waals surface area contributed by atoms with E-state index in [0.29, 0.717) is 6.04 Å². The predicted octanol–water partition coefficient (Wildman–Crippen LogP) is 4.64. The van der Waals surface area contributed by atoms with Gasteiger partial charge in [0.05, 0.1) is 0 Å². The first-order valence-electron chi connectivity index (χ1n) is 9.81. The number of fused-ring (bicyclic) bond motifs is 1. The van der Waals surface area contributed by atoms with E-state index in [9.17, 15) is 0 Å². The number of hydrogen-bond donors (Lipinski definition) is 1. The predicted molar refractivity (Wildman–Crippen MR) is 107 cm³/mol. The Morgan fingerprint density at radius 2 is 1.76 bits per heavy atom. The second-order valence-corrected chi connectivity index (χ2v) is 7.51. The van der Waals surface area contributed by atoms with Crippen LogP contribution in [-0.4, -0.2) is 24.0 Å². The van der Waals surface area contributed by atoms with Crippen molar-refractivity contribution in [2.45, 2.75) is 52.2 Å². The van der Waals surface area contributed by atoms with Crippen LogP contribution < -0.4 is 5.32 Å². The molecule has 2 heteroatoms. The molecule has 1 heterocycles. The summed E-state index contributed by atoms with van der Waals surface area (Å²) in [6.07, 6.45) is 3.79. The molecule has 0 aliphatic carbocycles. The van der Waals surface area contributed by atoms with E-state index < -0.39 is 0 Å². The maximum atomic E-state index is 3.62. The van der Waals surface area contributed by atoms with E-state index >= 15 is 0 Å². The van der Waals surface area contributed by atoms with Crippen LogP contribution in [-0.2, 0) is 19.5 Å². The summed E-state index contributed by atoms with van der Waals surface area (Å²) in [6, 6.07) is 20.4. The highest BCUT2D eigenvalue weighted by Crippen LogP contribution is 2.27. The Balaban J connectivity index is 1.56. The Bertz CT molecular complexity index is 638. The van der Waals surface area contributed by atoms with Crippen LogP contribution in [0, 0.1) is 5.92 Å². The monoisotopic (exact) mass is 336 g/mol. The third kappa shape index (κ3) is 5.17. The van der Waals surface area contributed by atoms with Crippen LogP contribution in [0.1, 0.15) is 43.4 Å². The number of nitrogens with zero attached hydrogens (tertiary/aromatic N) is 1. The Morgan fingerprint density at radius 1 is 1.04 bits per heavy atom. The van der Waals surface area contributed by atoms with Gasteiger partial charge < -0.3 is 5.32 Å². The standard InChI is InChI=1S/C23H32N2/c1-3-19(2)15-23-16-21-11-7-8-12-22(21)18-25(23)14-13-24-17-20-9-5-4-6-10-20/h4-12,19,23-24H,3,13-18H2,1-2H3. The molecule has 0 fully saturated rings. The van der Waals surface area contributed by atoms with E-state index in [4.69, 9.17) is 0 Å². The van der Waals surface area contributed by atoms with Crippen molar-refractivity contribution < 1.29 is 0 Å². The summed E-state index contributed by atoms with van der Waals surface area (Å²) < 4.78 is 0. The molecule has 2 aromatic rings. The third-order valence-corrected chi connectivity index (χ3v) is 5.58. The first kappa shape index (κ1) is 18.2.